The predicted molar refractivity (Wildman–Crippen MR) is 138 cm³/mol. The molecule has 0 aliphatic carbocycles. The van der Waals surface area contributed by atoms with E-state index in [9.17, 15) is 9.00 Å². The van der Waals surface area contributed by atoms with E-state index in [1.54, 1.807) is 7.05 Å². The Kier molecular flexibility index (Phi) is 10.8. The zero-order chi connectivity index (χ0) is 21.3. The topological polar surface area (TPSA) is 65.0 Å². The lowest BCUT2D eigenvalue weighted by atomic mass is 10.2. The van der Waals surface area contributed by atoms with E-state index in [0.717, 1.165) is 11.1 Å². The van der Waals surface area contributed by atoms with Gasteiger partial charge in [0.15, 0.2) is 5.96 Å². The van der Waals surface area contributed by atoms with Crippen LogP contribution in [0, 0.1) is 0 Å². The minimum Gasteiger partial charge on any atom is -0.355 e. The van der Waals surface area contributed by atoms with E-state index in [1.807, 2.05) is 64.4 Å². The van der Waals surface area contributed by atoms with E-state index in [4.69, 9.17) is 11.6 Å². The summed E-state index contributed by atoms with van der Waals surface area (Å²) in [6.07, 6.45) is 0. The Bertz CT molecular complexity index is 896. The fourth-order valence-corrected chi connectivity index (χ4v) is 4.47. The Morgan fingerprint density at radius 3 is 2.45 bits per heavy atom. The molecule has 0 radical (unpaired) electrons. The van der Waals surface area contributed by atoms with Crippen molar-refractivity contribution in [2.24, 2.45) is 4.99 Å². The molecule has 1 amide bonds. The number of benzene rings is 2. The monoisotopic (exact) mass is 574 g/mol. The van der Waals surface area contributed by atoms with Gasteiger partial charge in [0.1, 0.15) is 0 Å². The molecule has 2 aromatic carbocycles. The average molecular weight is 575 g/mol. The van der Waals surface area contributed by atoms with Crippen LogP contribution in [0.5, 0.6) is 0 Å². The van der Waals surface area contributed by atoms with E-state index in [0.29, 0.717) is 48.7 Å². The standard InChI is InChI=1S/C22H27ClN4O2S.HI/c1-24-22(25-11-14-30(29)17-19-5-3-2-4-6-19)27-13-12-26(21(28)16-27)15-18-7-9-20(23)10-8-18;/h2-10H,11-17H2,1H3,(H,24,25);1H. The molecule has 1 fully saturated rings. The van der Waals surface area contributed by atoms with E-state index in [1.165, 1.54) is 0 Å². The van der Waals surface area contributed by atoms with E-state index >= 15 is 0 Å². The zero-order valence-electron chi connectivity index (χ0n) is 17.5. The second-order valence-corrected chi connectivity index (χ2v) is 9.12. The van der Waals surface area contributed by atoms with Gasteiger partial charge in [-0.25, -0.2) is 0 Å². The Morgan fingerprint density at radius 2 is 1.81 bits per heavy atom. The van der Waals surface area contributed by atoms with E-state index in [2.05, 4.69) is 10.3 Å². The van der Waals surface area contributed by atoms with Gasteiger partial charge >= 0.3 is 0 Å². The number of piperazine rings is 1. The van der Waals surface area contributed by atoms with Gasteiger partial charge in [0.05, 0.1) is 6.54 Å². The number of nitrogens with one attached hydrogen (secondary N) is 1. The zero-order valence-corrected chi connectivity index (χ0v) is 21.4. The molecule has 9 heteroatoms. The Labute approximate surface area is 208 Å². The first kappa shape index (κ1) is 25.6. The molecule has 168 valence electrons. The molecule has 1 unspecified atom stereocenters. The molecule has 1 N–H and O–H groups in total. The van der Waals surface area contributed by atoms with Gasteiger partial charge in [-0.05, 0) is 23.3 Å². The molecule has 0 aromatic heterocycles. The molecule has 2 aromatic rings. The normalized spacial score (nSPS) is 15.4. The highest BCUT2D eigenvalue weighted by Crippen LogP contribution is 2.13. The second kappa shape index (κ2) is 13.0. The van der Waals surface area contributed by atoms with Crippen molar-refractivity contribution in [3.8, 4) is 0 Å². The number of guanidine groups is 1. The summed E-state index contributed by atoms with van der Waals surface area (Å²) in [6.45, 7) is 2.73. The second-order valence-electron chi connectivity index (χ2n) is 7.11. The average Bonchev–Trinajstić information content (AvgIpc) is 2.75. The summed E-state index contributed by atoms with van der Waals surface area (Å²) >= 11 is 5.93. The lowest BCUT2D eigenvalue weighted by molar-refractivity contribution is -0.135. The van der Waals surface area contributed by atoms with Crippen LogP contribution in [-0.4, -0.2) is 64.9 Å². The van der Waals surface area contributed by atoms with Crippen molar-refractivity contribution in [1.82, 2.24) is 15.1 Å². The molecular formula is C22H28ClIN4O2S. The third kappa shape index (κ3) is 8.08. The summed E-state index contributed by atoms with van der Waals surface area (Å²) in [7, 11) is 0.750. The first-order chi connectivity index (χ1) is 14.5. The van der Waals surface area contributed by atoms with Gasteiger partial charge in [-0.15, -0.1) is 24.0 Å². The molecule has 0 spiro atoms. The molecule has 31 heavy (non-hydrogen) atoms. The molecule has 1 aliphatic heterocycles. The summed E-state index contributed by atoms with van der Waals surface area (Å²) in [5.74, 6) is 1.81. The van der Waals surface area contributed by atoms with Gasteiger partial charge in [0, 0.05) is 60.6 Å². The van der Waals surface area contributed by atoms with Crippen LogP contribution in [-0.2, 0) is 27.9 Å². The molecule has 6 nitrogen and oxygen atoms in total. The minimum atomic E-state index is -0.952. The highest BCUT2D eigenvalue weighted by Gasteiger charge is 2.25. The SMILES string of the molecule is CN=C(NCCS(=O)Cc1ccccc1)N1CCN(Cc2ccc(Cl)cc2)C(=O)C1.I. The van der Waals surface area contributed by atoms with Crippen molar-refractivity contribution < 1.29 is 9.00 Å². The first-order valence-corrected chi connectivity index (χ1v) is 11.8. The quantitative estimate of drug-likeness (QED) is 0.314. The number of halogens is 2. The van der Waals surface area contributed by atoms with Crippen molar-refractivity contribution in [2.75, 3.05) is 39.0 Å². The number of amides is 1. The van der Waals surface area contributed by atoms with Crippen molar-refractivity contribution >= 4 is 58.2 Å². The summed E-state index contributed by atoms with van der Waals surface area (Å²) < 4.78 is 12.3. The Morgan fingerprint density at radius 1 is 1.10 bits per heavy atom. The third-order valence-electron chi connectivity index (χ3n) is 4.90. The maximum atomic E-state index is 12.6. The van der Waals surface area contributed by atoms with Crippen LogP contribution < -0.4 is 5.32 Å². The Hall–Kier alpha value is -1.65. The van der Waals surface area contributed by atoms with Gasteiger partial charge in [-0.2, -0.15) is 0 Å². The minimum absolute atomic E-state index is 0. The van der Waals surface area contributed by atoms with Crippen LogP contribution in [0.2, 0.25) is 5.02 Å². The maximum Gasteiger partial charge on any atom is 0.242 e. The van der Waals surface area contributed by atoms with Crippen molar-refractivity contribution in [3.05, 3.63) is 70.7 Å². The highest BCUT2D eigenvalue weighted by atomic mass is 127. The number of hydrogen-bond acceptors (Lipinski definition) is 3. The maximum absolute atomic E-state index is 12.6. The smallest absolute Gasteiger partial charge is 0.242 e. The predicted octanol–water partition coefficient (Wildman–Crippen LogP) is 3.13. The molecule has 1 aliphatic rings. The van der Waals surface area contributed by atoms with Gasteiger partial charge in [0.2, 0.25) is 5.91 Å². The summed E-state index contributed by atoms with van der Waals surface area (Å²) in [6, 6.07) is 17.4. The third-order valence-corrected chi connectivity index (χ3v) is 6.47. The number of rotatable bonds is 7. The largest absolute Gasteiger partial charge is 0.355 e. The number of carbonyl (C=O) groups is 1. The van der Waals surface area contributed by atoms with Crippen molar-refractivity contribution in [2.45, 2.75) is 12.3 Å². The van der Waals surface area contributed by atoms with Gasteiger partial charge in [-0.1, -0.05) is 54.1 Å². The molecule has 1 atom stereocenters. The van der Waals surface area contributed by atoms with Crippen LogP contribution in [0.1, 0.15) is 11.1 Å². The van der Waals surface area contributed by atoms with Crippen LogP contribution in [0.25, 0.3) is 0 Å². The van der Waals surface area contributed by atoms with E-state index in [-0.39, 0.29) is 36.4 Å². The summed E-state index contributed by atoms with van der Waals surface area (Å²) in [5, 5.41) is 3.93. The number of nitrogens with zero attached hydrogens (tertiary/aromatic N) is 3. The molecule has 0 bridgehead atoms. The molecule has 0 saturated carbocycles. The van der Waals surface area contributed by atoms with Crippen molar-refractivity contribution in [3.63, 3.8) is 0 Å². The van der Waals surface area contributed by atoms with Gasteiger partial charge < -0.3 is 15.1 Å². The van der Waals surface area contributed by atoms with Crippen LogP contribution in [0.15, 0.2) is 59.6 Å². The Balaban J connectivity index is 0.00000341. The number of carbonyl (C=O) groups excluding carboxylic acids is 1. The number of hydrogen-bond donors (Lipinski definition) is 1. The van der Waals surface area contributed by atoms with Crippen LogP contribution in [0.3, 0.4) is 0 Å². The fourth-order valence-electron chi connectivity index (χ4n) is 3.31. The van der Waals surface area contributed by atoms with Crippen LogP contribution in [0.4, 0.5) is 0 Å². The number of aliphatic imine (C=N–C) groups is 1. The molecule has 3 rings (SSSR count). The first-order valence-electron chi connectivity index (χ1n) is 9.92. The van der Waals surface area contributed by atoms with Gasteiger partial charge in [-0.3, -0.25) is 14.0 Å². The summed E-state index contributed by atoms with van der Waals surface area (Å²) in [4.78, 5) is 20.7. The lowest BCUT2D eigenvalue weighted by Crippen LogP contribution is -2.55. The van der Waals surface area contributed by atoms with Gasteiger partial charge in [0.25, 0.3) is 0 Å². The molecular weight excluding hydrogens is 547 g/mol. The van der Waals surface area contributed by atoms with E-state index < -0.39 is 10.8 Å². The lowest BCUT2D eigenvalue weighted by Gasteiger charge is -2.36. The fraction of sp³-hybridized carbons (Fsp3) is 0.364. The van der Waals surface area contributed by atoms with Crippen molar-refractivity contribution in [1.29, 1.82) is 0 Å². The highest BCUT2D eigenvalue weighted by molar-refractivity contribution is 14.0. The molecule has 1 saturated heterocycles. The molecule has 1 heterocycles. The summed E-state index contributed by atoms with van der Waals surface area (Å²) in [5.41, 5.74) is 2.13. The van der Waals surface area contributed by atoms with Crippen LogP contribution >= 0.6 is 35.6 Å².